The van der Waals surface area contributed by atoms with E-state index >= 15 is 0 Å². The molecule has 1 heterocycles. The summed E-state index contributed by atoms with van der Waals surface area (Å²) in [6.07, 6.45) is -3.62. The largest absolute Gasteiger partial charge is 0.478 e. The van der Waals surface area contributed by atoms with Crippen molar-refractivity contribution in [1.29, 1.82) is 0 Å². The van der Waals surface area contributed by atoms with Crippen LogP contribution < -0.4 is 0 Å². The summed E-state index contributed by atoms with van der Waals surface area (Å²) in [7, 11) is 0. The number of hydrogen-bond donors (Lipinski definition) is 1. The molecule has 33 heavy (non-hydrogen) atoms. The number of thiophene rings is 1. The molecule has 0 spiro atoms. The molecule has 1 aromatic heterocycles. The van der Waals surface area contributed by atoms with Crippen LogP contribution in [0.1, 0.15) is 27.7 Å². The Labute approximate surface area is 196 Å². The Balaban J connectivity index is 2.04. The number of alkyl halides is 3. The molecule has 0 saturated carbocycles. The van der Waals surface area contributed by atoms with E-state index in [9.17, 15) is 22.4 Å². The summed E-state index contributed by atoms with van der Waals surface area (Å²) in [6, 6.07) is 11.9. The fraction of sp³-hybridized carbons (Fsp3) is 0.0833. The Morgan fingerprint density at radius 3 is 2.45 bits per heavy atom. The van der Waals surface area contributed by atoms with E-state index in [0.29, 0.717) is 21.6 Å². The summed E-state index contributed by atoms with van der Waals surface area (Å²) in [5.74, 6) is -2.26. The first-order chi connectivity index (χ1) is 15.5. The first-order valence-electron chi connectivity index (χ1n) is 9.37. The van der Waals surface area contributed by atoms with Gasteiger partial charge in [-0.1, -0.05) is 42.4 Å². The second-order valence-electron chi connectivity index (χ2n) is 6.95. The molecule has 0 bridgehead atoms. The van der Waals surface area contributed by atoms with E-state index in [1.807, 2.05) is 0 Å². The number of allylic oxidation sites excluding steroid dienone is 2. The Morgan fingerprint density at radius 1 is 1.15 bits per heavy atom. The molecule has 3 rings (SSSR count). The summed E-state index contributed by atoms with van der Waals surface area (Å²) in [4.78, 5) is 15.9. The Kier molecular flexibility index (Phi) is 7.19. The third-order valence-electron chi connectivity index (χ3n) is 4.63. The predicted octanol–water partition coefficient (Wildman–Crippen LogP) is 7.87. The molecule has 9 heteroatoms. The second-order valence-corrected chi connectivity index (χ2v) is 8.27. The SMILES string of the molecule is C=C(N=C(/C=C(\C)C(F)(F)F)c1sccc1Cl)c1cccc(-c2ccc(F)c(C(=O)O)c2)c1. The van der Waals surface area contributed by atoms with Crippen LogP contribution in [0.25, 0.3) is 16.8 Å². The van der Waals surface area contributed by atoms with Crippen molar-refractivity contribution in [3.63, 3.8) is 0 Å². The van der Waals surface area contributed by atoms with Gasteiger partial charge in [0.05, 0.1) is 26.9 Å². The second kappa shape index (κ2) is 9.72. The van der Waals surface area contributed by atoms with Gasteiger partial charge >= 0.3 is 12.1 Å². The van der Waals surface area contributed by atoms with Gasteiger partial charge in [-0.3, -0.25) is 0 Å². The molecule has 1 N–H and O–H groups in total. The van der Waals surface area contributed by atoms with Crippen LogP contribution in [0.4, 0.5) is 17.6 Å². The van der Waals surface area contributed by atoms with Crippen LogP contribution in [-0.2, 0) is 0 Å². The van der Waals surface area contributed by atoms with E-state index in [1.54, 1.807) is 35.7 Å². The van der Waals surface area contributed by atoms with Gasteiger partial charge in [-0.05, 0) is 53.8 Å². The summed E-state index contributed by atoms with van der Waals surface area (Å²) in [5.41, 5.74) is 0.345. The molecule has 0 aliphatic heterocycles. The fourth-order valence-electron chi connectivity index (χ4n) is 2.87. The van der Waals surface area contributed by atoms with Gasteiger partial charge in [0.25, 0.3) is 0 Å². The average Bonchev–Trinajstić information content (AvgIpc) is 3.18. The Morgan fingerprint density at radius 2 is 1.85 bits per heavy atom. The molecular formula is C24H16ClF4NO2S. The van der Waals surface area contributed by atoms with Gasteiger partial charge in [0, 0.05) is 11.1 Å². The van der Waals surface area contributed by atoms with Crippen molar-refractivity contribution in [3.05, 3.63) is 99.0 Å². The van der Waals surface area contributed by atoms with Gasteiger partial charge in [0.15, 0.2) is 0 Å². The number of aliphatic imine (C=N–C) groups is 1. The molecule has 0 unspecified atom stereocenters. The monoisotopic (exact) mass is 493 g/mol. The highest BCUT2D eigenvalue weighted by Gasteiger charge is 2.30. The minimum Gasteiger partial charge on any atom is -0.478 e. The quantitative estimate of drug-likeness (QED) is 0.280. The third kappa shape index (κ3) is 5.77. The van der Waals surface area contributed by atoms with Gasteiger partial charge in [0.2, 0.25) is 0 Å². The van der Waals surface area contributed by atoms with E-state index in [-0.39, 0.29) is 16.4 Å². The van der Waals surface area contributed by atoms with Crippen molar-refractivity contribution in [1.82, 2.24) is 0 Å². The summed E-state index contributed by atoms with van der Waals surface area (Å²) in [5, 5.41) is 11.1. The number of hydrogen-bond acceptors (Lipinski definition) is 3. The number of carboxylic acids is 1. The maximum atomic E-state index is 13.7. The van der Waals surface area contributed by atoms with Crippen molar-refractivity contribution in [2.24, 2.45) is 4.99 Å². The first kappa shape index (κ1) is 24.4. The minimum atomic E-state index is -4.53. The molecule has 170 valence electrons. The molecule has 0 aliphatic rings. The molecule has 3 aromatic rings. The van der Waals surface area contributed by atoms with Gasteiger partial charge in [-0.15, -0.1) is 11.3 Å². The lowest BCUT2D eigenvalue weighted by atomic mass is 10.00. The van der Waals surface area contributed by atoms with Crippen LogP contribution in [0.2, 0.25) is 5.02 Å². The molecule has 0 radical (unpaired) electrons. The Bertz CT molecular complexity index is 1290. The highest BCUT2D eigenvalue weighted by molar-refractivity contribution is 7.13. The van der Waals surface area contributed by atoms with Crippen LogP contribution in [-0.4, -0.2) is 23.0 Å². The zero-order chi connectivity index (χ0) is 24.3. The number of nitrogens with zero attached hydrogens (tertiary/aromatic N) is 1. The number of benzene rings is 2. The highest BCUT2D eigenvalue weighted by atomic mass is 35.5. The maximum Gasteiger partial charge on any atom is 0.412 e. The lowest BCUT2D eigenvalue weighted by Gasteiger charge is -2.10. The normalized spacial score (nSPS) is 12.7. The van der Waals surface area contributed by atoms with Crippen LogP contribution in [0.15, 0.2) is 77.1 Å². The number of halogens is 5. The molecule has 0 fully saturated rings. The standard InChI is InChI=1S/C24H16ClF4NO2S/c1-13(24(27,28)29)10-21(22-19(25)8-9-33-22)30-14(2)15-4-3-5-16(11-15)17-6-7-20(26)18(12-17)23(31)32/h3-12H,2H2,1H3,(H,31,32)/b13-10+,30-21?. The predicted molar refractivity (Wildman–Crippen MR) is 124 cm³/mol. The van der Waals surface area contributed by atoms with E-state index in [2.05, 4.69) is 11.6 Å². The van der Waals surface area contributed by atoms with Crippen LogP contribution in [0.3, 0.4) is 0 Å². The molecule has 3 nitrogen and oxygen atoms in total. The molecule has 0 amide bonds. The zero-order valence-corrected chi connectivity index (χ0v) is 18.7. The molecule has 0 atom stereocenters. The maximum absolute atomic E-state index is 13.7. The van der Waals surface area contributed by atoms with Crippen LogP contribution in [0, 0.1) is 5.82 Å². The van der Waals surface area contributed by atoms with E-state index < -0.39 is 29.1 Å². The molecular weight excluding hydrogens is 478 g/mol. The molecule has 2 aromatic carbocycles. The van der Waals surface area contributed by atoms with Crippen LogP contribution >= 0.6 is 22.9 Å². The summed E-state index contributed by atoms with van der Waals surface area (Å²) in [6.45, 7) is 4.82. The van der Waals surface area contributed by atoms with Gasteiger partial charge in [-0.2, -0.15) is 13.2 Å². The van der Waals surface area contributed by atoms with Crippen LogP contribution in [0.5, 0.6) is 0 Å². The Hall–Kier alpha value is -3.23. The molecule has 0 aliphatic carbocycles. The summed E-state index contributed by atoms with van der Waals surface area (Å²) >= 11 is 7.28. The third-order valence-corrected chi connectivity index (χ3v) is 6.00. The number of aromatic carboxylic acids is 1. The number of rotatable bonds is 6. The van der Waals surface area contributed by atoms with Crippen molar-refractivity contribution < 1.29 is 27.5 Å². The lowest BCUT2D eigenvalue weighted by molar-refractivity contribution is -0.0912. The summed E-state index contributed by atoms with van der Waals surface area (Å²) < 4.78 is 53.1. The smallest absolute Gasteiger partial charge is 0.412 e. The van der Waals surface area contributed by atoms with Crippen molar-refractivity contribution in [2.45, 2.75) is 13.1 Å². The molecule has 0 saturated heterocycles. The van der Waals surface area contributed by atoms with Crippen molar-refractivity contribution in [3.8, 4) is 11.1 Å². The van der Waals surface area contributed by atoms with E-state index in [4.69, 9.17) is 16.7 Å². The van der Waals surface area contributed by atoms with Gasteiger partial charge in [0.1, 0.15) is 5.82 Å². The van der Waals surface area contributed by atoms with Gasteiger partial charge < -0.3 is 5.11 Å². The van der Waals surface area contributed by atoms with Crippen molar-refractivity contribution >= 4 is 40.3 Å². The topological polar surface area (TPSA) is 49.7 Å². The zero-order valence-electron chi connectivity index (χ0n) is 17.1. The highest BCUT2D eigenvalue weighted by Crippen LogP contribution is 2.31. The lowest BCUT2D eigenvalue weighted by Crippen LogP contribution is -2.11. The van der Waals surface area contributed by atoms with Crippen molar-refractivity contribution in [2.75, 3.05) is 0 Å². The number of carboxylic acid groups (broad SMARTS) is 1. The first-order valence-corrected chi connectivity index (χ1v) is 10.6. The van der Waals surface area contributed by atoms with Gasteiger partial charge in [-0.25, -0.2) is 14.2 Å². The van der Waals surface area contributed by atoms with E-state index in [1.165, 1.54) is 12.1 Å². The fourth-order valence-corrected chi connectivity index (χ4v) is 3.98. The number of carbonyl (C=O) groups is 1. The van der Waals surface area contributed by atoms with E-state index in [0.717, 1.165) is 30.4 Å². The minimum absolute atomic E-state index is 0.00942. The average molecular weight is 494 g/mol.